The van der Waals surface area contributed by atoms with Crippen LogP contribution in [0, 0.1) is 6.92 Å². The number of amides is 1. The lowest BCUT2D eigenvalue weighted by Gasteiger charge is -2.10. The second-order valence-electron chi connectivity index (χ2n) is 4.54. The van der Waals surface area contributed by atoms with Gasteiger partial charge in [0.2, 0.25) is 0 Å². The smallest absolute Gasteiger partial charge is 0.253 e. The molecule has 20 heavy (non-hydrogen) atoms. The summed E-state index contributed by atoms with van der Waals surface area (Å²) in [5.41, 5.74) is 1.35. The predicted octanol–water partition coefficient (Wildman–Crippen LogP) is 2.73. The van der Waals surface area contributed by atoms with Crippen LogP contribution < -0.4 is 10.6 Å². The minimum Gasteiger partial charge on any atom is -0.465 e. The zero-order chi connectivity index (χ0) is 14.4. The van der Waals surface area contributed by atoms with Gasteiger partial charge in [0.15, 0.2) is 0 Å². The summed E-state index contributed by atoms with van der Waals surface area (Å²) in [6.45, 7) is 5.13. The summed E-state index contributed by atoms with van der Waals surface area (Å²) < 4.78 is 5.42. The molecule has 2 heterocycles. The van der Waals surface area contributed by atoms with E-state index in [9.17, 15) is 4.79 Å². The van der Waals surface area contributed by atoms with Gasteiger partial charge in [0, 0.05) is 12.7 Å². The fraction of sp³-hybridized carbons (Fsp3) is 0.333. The molecule has 0 bridgehead atoms. The number of aryl methyl sites for hydroxylation is 1. The van der Waals surface area contributed by atoms with Gasteiger partial charge < -0.3 is 15.1 Å². The summed E-state index contributed by atoms with van der Waals surface area (Å²) in [5.74, 6) is 1.44. The van der Waals surface area contributed by atoms with Crippen molar-refractivity contribution in [3.05, 3.63) is 47.7 Å². The third kappa shape index (κ3) is 3.60. The van der Waals surface area contributed by atoms with Crippen molar-refractivity contribution in [2.24, 2.45) is 0 Å². The maximum Gasteiger partial charge on any atom is 0.253 e. The van der Waals surface area contributed by atoms with Gasteiger partial charge in [0.1, 0.15) is 11.5 Å². The third-order valence-corrected chi connectivity index (χ3v) is 2.85. The van der Waals surface area contributed by atoms with Gasteiger partial charge in [-0.1, -0.05) is 6.92 Å². The predicted molar refractivity (Wildman–Crippen MR) is 77.6 cm³/mol. The lowest BCUT2D eigenvalue weighted by molar-refractivity contribution is 0.0948. The van der Waals surface area contributed by atoms with Gasteiger partial charge in [0.05, 0.1) is 24.0 Å². The number of hydrogen-bond donors (Lipinski definition) is 2. The van der Waals surface area contributed by atoms with Crippen LogP contribution in [0.3, 0.4) is 0 Å². The summed E-state index contributed by atoms with van der Waals surface area (Å²) in [6.07, 6.45) is 4.27. The first kappa shape index (κ1) is 14.1. The molecule has 5 heteroatoms. The van der Waals surface area contributed by atoms with E-state index in [0.717, 1.165) is 30.2 Å². The number of rotatable bonds is 6. The first-order chi connectivity index (χ1) is 9.70. The molecule has 106 valence electrons. The Morgan fingerprint density at radius 3 is 2.90 bits per heavy atom. The summed E-state index contributed by atoms with van der Waals surface area (Å²) in [6, 6.07) is 5.45. The number of aromatic nitrogens is 1. The van der Waals surface area contributed by atoms with Crippen LogP contribution in [0.25, 0.3) is 0 Å². The molecule has 0 aliphatic rings. The monoisotopic (exact) mass is 273 g/mol. The van der Waals surface area contributed by atoms with Crippen molar-refractivity contribution < 1.29 is 9.21 Å². The average Bonchev–Trinajstić information content (AvgIpc) is 2.88. The second-order valence-corrected chi connectivity index (χ2v) is 4.54. The maximum absolute atomic E-state index is 12.2. The van der Waals surface area contributed by atoms with E-state index in [1.165, 1.54) is 0 Å². The van der Waals surface area contributed by atoms with Crippen molar-refractivity contribution in [2.75, 3.05) is 11.9 Å². The van der Waals surface area contributed by atoms with Crippen LogP contribution in [-0.2, 0) is 6.54 Å². The molecule has 2 N–H and O–H groups in total. The minimum atomic E-state index is -0.139. The standard InChI is InChI=1S/C15H19N3O2/c1-3-7-17-14-10-16-8-6-13(14)15(19)18-9-12-5-4-11(2)20-12/h4-6,8,10,17H,3,7,9H2,1-2H3,(H,18,19). The molecule has 0 aliphatic heterocycles. The molecule has 0 radical (unpaired) electrons. The number of nitrogens with zero attached hydrogens (tertiary/aromatic N) is 1. The van der Waals surface area contributed by atoms with E-state index in [1.807, 2.05) is 19.1 Å². The zero-order valence-corrected chi connectivity index (χ0v) is 11.8. The van der Waals surface area contributed by atoms with E-state index in [1.54, 1.807) is 18.5 Å². The molecule has 5 nitrogen and oxygen atoms in total. The Morgan fingerprint density at radius 2 is 2.20 bits per heavy atom. The van der Waals surface area contributed by atoms with Crippen molar-refractivity contribution in [3.8, 4) is 0 Å². The molecule has 0 fully saturated rings. The molecule has 0 atom stereocenters. The van der Waals surface area contributed by atoms with E-state index >= 15 is 0 Å². The molecule has 2 aromatic rings. The molecule has 2 rings (SSSR count). The summed E-state index contributed by atoms with van der Waals surface area (Å²) >= 11 is 0. The average molecular weight is 273 g/mol. The largest absolute Gasteiger partial charge is 0.465 e. The van der Waals surface area contributed by atoms with Crippen molar-refractivity contribution in [1.29, 1.82) is 0 Å². The Balaban J connectivity index is 2.01. The Bertz CT molecular complexity index is 578. The number of anilines is 1. The highest BCUT2D eigenvalue weighted by Crippen LogP contribution is 2.14. The van der Waals surface area contributed by atoms with Crippen LogP contribution >= 0.6 is 0 Å². The Labute approximate surface area is 118 Å². The van der Waals surface area contributed by atoms with Gasteiger partial charge in [-0.15, -0.1) is 0 Å². The number of hydrogen-bond acceptors (Lipinski definition) is 4. The highest BCUT2D eigenvalue weighted by molar-refractivity contribution is 5.99. The summed E-state index contributed by atoms with van der Waals surface area (Å²) in [5, 5.41) is 6.04. The van der Waals surface area contributed by atoms with Crippen LogP contribution in [0.2, 0.25) is 0 Å². The highest BCUT2D eigenvalue weighted by Gasteiger charge is 2.11. The van der Waals surface area contributed by atoms with Gasteiger partial charge >= 0.3 is 0 Å². The van der Waals surface area contributed by atoms with Crippen molar-refractivity contribution in [3.63, 3.8) is 0 Å². The lowest BCUT2D eigenvalue weighted by atomic mass is 10.2. The third-order valence-electron chi connectivity index (χ3n) is 2.85. The summed E-state index contributed by atoms with van der Waals surface area (Å²) in [7, 11) is 0. The quantitative estimate of drug-likeness (QED) is 0.849. The van der Waals surface area contributed by atoms with Crippen LogP contribution in [0.5, 0.6) is 0 Å². The van der Waals surface area contributed by atoms with Crippen LogP contribution in [0.4, 0.5) is 5.69 Å². The summed E-state index contributed by atoms with van der Waals surface area (Å²) in [4.78, 5) is 16.2. The lowest BCUT2D eigenvalue weighted by Crippen LogP contribution is -2.24. The molecule has 0 saturated carbocycles. The molecular weight excluding hydrogens is 254 g/mol. The van der Waals surface area contributed by atoms with E-state index in [0.29, 0.717) is 12.1 Å². The fourth-order valence-corrected chi connectivity index (χ4v) is 1.84. The van der Waals surface area contributed by atoms with Crippen LogP contribution in [0.1, 0.15) is 35.2 Å². The number of pyridine rings is 1. The SMILES string of the molecule is CCCNc1cnccc1C(=O)NCc1ccc(C)o1. The van der Waals surface area contributed by atoms with Crippen molar-refractivity contribution in [1.82, 2.24) is 10.3 Å². The van der Waals surface area contributed by atoms with Crippen molar-refractivity contribution >= 4 is 11.6 Å². The molecule has 0 aromatic carbocycles. The molecule has 0 aliphatic carbocycles. The zero-order valence-electron chi connectivity index (χ0n) is 11.8. The van der Waals surface area contributed by atoms with E-state index < -0.39 is 0 Å². The normalized spacial score (nSPS) is 10.3. The molecule has 0 saturated heterocycles. The maximum atomic E-state index is 12.2. The fourth-order valence-electron chi connectivity index (χ4n) is 1.84. The molecule has 0 spiro atoms. The second kappa shape index (κ2) is 6.75. The highest BCUT2D eigenvalue weighted by atomic mass is 16.3. The Hall–Kier alpha value is -2.30. The number of carbonyl (C=O) groups excluding carboxylic acids is 1. The van der Waals surface area contributed by atoms with E-state index in [-0.39, 0.29) is 5.91 Å². The van der Waals surface area contributed by atoms with Crippen LogP contribution in [-0.4, -0.2) is 17.4 Å². The van der Waals surface area contributed by atoms with Crippen LogP contribution in [0.15, 0.2) is 35.0 Å². The number of nitrogens with one attached hydrogen (secondary N) is 2. The number of furan rings is 1. The van der Waals surface area contributed by atoms with Crippen molar-refractivity contribution in [2.45, 2.75) is 26.8 Å². The van der Waals surface area contributed by atoms with E-state index in [4.69, 9.17) is 4.42 Å². The van der Waals surface area contributed by atoms with Gasteiger partial charge in [0.25, 0.3) is 5.91 Å². The topological polar surface area (TPSA) is 67.2 Å². The molecular formula is C15H19N3O2. The first-order valence-corrected chi connectivity index (χ1v) is 6.72. The number of carbonyl (C=O) groups is 1. The first-order valence-electron chi connectivity index (χ1n) is 6.72. The van der Waals surface area contributed by atoms with Gasteiger partial charge in [-0.2, -0.15) is 0 Å². The van der Waals surface area contributed by atoms with Gasteiger partial charge in [-0.05, 0) is 31.5 Å². The Morgan fingerprint density at radius 1 is 1.35 bits per heavy atom. The molecule has 1 amide bonds. The van der Waals surface area contributed by atoms with Gasteiger partial charge in [-0.3, -0.25) is 9.78 Å². The van der Waals surface area contributed by atoms with E-state index in [2.05, 4.69) is 22.5 Å². The Kier molecular flexibility index (Phi) is 4.76. The molecule has 0 unspecified atom stereocenters. The van der Waals surface area contributed by atoms with Gasteiger partial charge in [-0.25, -0.2) is 0 Å². The minimum absolute atomic E-state index is 0.139. The molecule has 2 aromatic heterocycles.